The number of carbonyl (C=O) groups excluding carboxylic acids is 1. The zero-order chi connectivity index (χ0) is 20.3. The van der Waals surface area contributed by atoms with Gasteiger partial charge in [0, 0.05) is 11.2 Å². The molecule has 0 aliphatic heterocycles. The fourth-order valence-electron chi connectivity index (χ4n) is 2.45. The number of alkyl halides is 3. The SMILES string of the molecule is CCOc1ccc(C(F)(F)F)cc1NC(=O)c1cnn(-c2ccc(Cl)cc2)c1. The van der Waals surface area contributed by atoms with Crippen molar-refractivity contribution in [2.45, 2.75) is 13.1 Å². The molecule has 2 aromatic carbocycles. The van der Waals surface area contributed by atoms with Crippen LogP contribution in [0.2, 0.25) is 5.02 Å². The zero-order valence-electron chi connectivity index (χ0n) is 14.6. The molecule has 5 nitrogen and oxygen atoms in total. The Morgan fingerprint density at radius 3 is 2.57 bits per heavy atom. The summed E-state index contributed by atoms with van der Waals surface area (Å²) in [7, 11) is 0. The van der Waals surface area contributed by atoms with Gasteiger partial charge in [-0.25, -0.2) is 4.68 Å². The quantitative estimate of drug-likeness (QED) is 0.630. The molecule has 3 rings (SSSR count). The van der Waals surface area contributed by atoms with Crippen molar-refractivity contribution in [1.82, 2.24) is 9.78 Å². The second kappa shape index (κ2) is 7.93. The summed E-state index contributed by atoms with van der Waals surface area (Å²) in [5.41, 5.74) is -0.101. The van der Waals surface area contributed by atoms with Crippen LogP contribution < -0.4 is 10.1 Å². The number of hydrogen-bond donors (Lipinski definition) is 1. The fourth-order valence-corrected chi connectivity index (χ4v) is 2.58. The summed E-state index contributed by atoms with van der Waals surface area (Å²) < 4.78 is 45.7. The average molecular weight is 410 g/mol. The fraction of sp³-hybridized carbons (Fsp3) is 0.158. The predicted molar refractivity (Wildman–Crippen MR) is 99.1 cm³/mol. The lowest BCUT2D eigenvalue weighted by molar-refractivity contribution is -0.137. The molecular weight excluding hydrogens is 395 g/mol. The summed E-state index contributed by atoms with van der Waals surface area (Å²) in [5, 5.41) is 7.11. The molecular formula is C19H15ClF3N3O2. The number of halogens is 4. The summed E-state index contributed by atoms with van der Waals surface area (Å²) >= 11 is 5.84. The summed E-state index contributed by atoms with van der Waals surface area (Å²) in [4.78, 5) is 12.5. The van der Waals surface area contributed by atoms with Gasteiger partial charge in [0.2, 0.25) is 0 Å². The van der Waals surface area contributed by atoms with E-state index in [0.717, 1.165) is 12.1 Å². The van der Waals surface area contributed by atoms with Gasteiger partial charge < -0.3 is 10.1 Å². The predicted octanol–water partition coefficient (Wildman–Crippen LogP) is 5.20. The molecule has 0 atom stereocenters. The van der Waals surface area contributed by atoms with Crippen molar-refractivity contribution in [2.75, 3.05) is 11.9 Å². The van der Waals surface area contributed by atoms with E-state index in [1.807, 2.05) is 0 Å². The van der Waals surface area contributed by atoms with E-state index in [2.05, 4.69) is 10.4 Å². The number of nitrogens with zero attached hydrogens (tertiary/aromatic N) is 2. The van der Waals surface area contributed by atoms with Crippen LogP contribution in [0.25, 0.3) is 5.69 Å². The van der Waals surface area contributed by atoms with Crippen LogP contribution in [0.3, 0.4) is 0 Å². The zero-order valence-corrected chi connectivity index (χ0v) is 15.4. The maximum absolute atomic E-state index is 13.0. The first-order valence-corrected chi connectivity index (χ1v) is 8.61. The van der Waals surface area contributed by atoms with Gasteiger partial charge >= 0.3 is 6.18 Å². The standard InChI is InChI=1S/C19H15ClF3N3O2/c1-2-28-17-8-3-13(19(21,22)23)9-16(17)25-18(27)12-10-24-26(11-12)15-6-4-14(20)5-7-15/h3-11H,2H2,1H3,(H,25,27). The van der Waals surface area contributed by atoms with Crippen LogP contribution >= 0.6 is 11.6 Å². The number of ether oxygens (including phenoxy) is 1. The van der Waals surface area contributed by atoms with Crippen LogP contribution in [0.15, 0.2) is 54.9 Å². The lowest BCUT2D eigenvalue weighted by atomic mass is 10.1. The highest BCUT2D eigenvalue weighted by Crippen LogP contribution is 2.35. The Bertz CT molecular complexity index is 985. The molecule has 0 aliphatic carbocycles. The second-order valence-corrected chi connectivity index (χ2v) is 6.18. The number of carbonyl (C=O) groups is 1. The van der Waals surface area contributed by atoms with Gasteiger partial charge in [-0.2, -0.15) is 18.3 Å². The smallest absolute Gasteiger partial charge is 0.416 e. The number of rotatable bonds is 5. The van der Waals surface area contributed by atoms with Gasteiger partial charge in [0.15, 0.2) is 0 Å². The van der Waals surface area contributed by atoms with Gasteiger partial charge in [0.1, 0.15) is 5.75 Å². The Morgan fingerprint density at radius 2 is 1.93 bits per heavy atom. The number of anilines is 1. The van der Waals surface area contributed by atoms with E-state index >= 15 is 0 Å². The molecule has 146 valence electrons. The molecule has 1 aromatic heterocycles. The van der Waals surface area contributed by atoms with Gasteiger partial charge in [0.25, 0.3) is 5.91 Å². The summed E-state index contributed by atoms with van der Waals surface area (Å²) in [6.45, 7) is 1.93. The van der Waals surface area contributed by atoms with Gasteiger partial charge in [-0.15, -0.1) is 0 Å². The van der Waals surface area contributed by atoms with Crippen molar-refractivity contribution in [1.29, 1.82) is 0 Å². The number of hydrogen-bond acceptors (Lipinski definition) is 3. The van der Waals surface area contributed by atoms with Crippen molar-refractivity contribution in [3.8, 4) is 11.4 Å². The van der Waals surface area contributed by atoms with E-state index in [1.54, 1.807) is 31.2 Å². The minimum Gasteiger partial charge on any atom is -0.492 e. The van der Waals surface area contributed by atoms with Gasteiger partial charge in [-0.1, -0.05) is 11.6 Å². The molecule has 3 aromatic rings. The lowest BCUT2D eigenvalue weighted by Gasteiger charge is -2.14. The first-order valence-electron chi connectivity index (χ1n) is 8.24. The lowest BCUT2D eigenvalue weighted by Crippen LogP contribution is -2.14. The highest BCUT2D eigenvalue weighted by molar-refractivity contribution is 6.30. The maximum Gasteiger partial charge on any atom is 0.416 e. The Labute approximate surface area is 163 Å². The van der Waals surface area contributed by atoms with Crippen molar-refractivity contribution in [3.63, 3.8) is 0 Å². The normalized spacial score (nSPS) is 11.3. The summed E-state index contributed by atoms with van der Waals surface area (Å²) in [6, 6.07) is 9.71. The van der Waals surface area contributed by atoms with E-state index in [9.17, 15) is 18.0 Å². The van der Waals surface area contributed by atoms with Crippen molar-refractivity contribution in [2.24, 2.45) is 0 Å². The molecule has 0 aliphatic rings. The second-order valence-electron chi connectivity index (χ2n) is 5.75. The molecule has 0 saturated heterocycles. The highest BCUT2D eigenvalue weighted by atomic mass is 35.5. The molecule has 1 amide bonds. The molecule has 1 N–H and O–H groups in total. The number of amides is 1. The van der Waals surface area contributed by atoms with Gasteiger partial charge in [0.05, 0.1) is 35.3 Å². The van der Waals surface area contributed by atoms with E-state index in [-0.39, 0.29) is 23.6 Å². The first-order chi connectivity index (χ1) is 13.3. The molecule has 0 spiro atoms. The first kappa shape index (κ1) is 19.8. The number of benzene rings is 2. The van der Waals surface area contributed by atoms with Gasteiger partial charge in [-0.05, 0) is 49.4 Å². The molecule has 0 saturated carbocycles. The van der Waals surface area contributed by atoms with Crippen LogP contribution in [0.1, 0.15) is 22.8 Å². The van der Waals surface area contributed by atoms with E-state index < -0.39 is 17.6 Å². The third-order valence-electron chi connectivity index (χ3n) is 3.79. The Kier molecular flexibility index (Phi) is 5.60. The van der Waals surface area contributed by atoms with Crippen LogP contribution in [-0.4, -0.2) is 22.3 Å². The molecule has 0 unspecified atom stereocenters. The Hall–Kier alpha value is -3.00. The van der Waals surface area contributed by atoms with Gasteiger partial charge in [-0.3, -0.25) is 4.79 Å². The summed E-state index contributed by atoms with van der Waals surface area (Å²) in [5.74, 6) is -0.463. The van der Waals surface area contributed by atoms with E-state index in [4.69, 9.17) is 16.3 Å². The molecule has 0 fully saturated rings. The highest BCUT2D eigenvalue weighted by Gasteiger charge is 2.31. The maximum atomic E-state index is 13.0. The van der Waals surface area contributed by atoms with Crippen LogP contribution in [0.4, 0.5) is 18.9 Å². The monoisotopic (exact) mass is 409 g/mol. The van der Waals surface area contributed by atoms with Crippen LogP contribution in [0, 0.1) is 0 Å². The molecule has 1 heterocycles. The van der Waals surface area contributed by atoms with E-state index in [1.165, 1.54) is 23.1 Å². The average Bonchev–Trinajstić information content (AvgIpc) is 3.13. The Morgan fingerprint density at radius 1 is 1.21 bits per heavy atom. The molecule has 28 heavy (non-hydrogen) atoms. The topological polar surface area (TPSA) is 56.1 Å². The minimum atomic E-state index is -4.54. The van der Waals surface area contributed by atoms with Crippen molar-refractivity contribution >= 4 is 23.2 Å². The third kappa shape index (κ3) is 4.45. The Balaban J connectivity index is 1.85. The third-order valence-corrected chi connectivity index (χ3v) is 4.04. The number of aromatic nitrogens is 2. The summed E-state index contributed by atoms with van der Waals surface area (Å²) in [6.07, 6.45) is -1.76. The van der Waals surface area contributed by atoms with Crippen LogP contribution in [-0.2, 0) is 6.18 Å². The number of nitrogens with one attached hydrogen (secondary N) is 1. The van der Waals surface area contributed by atoms with E-state index in [0.29, 0.717) is 10.7 Å². The minimum absolute atomic E-state index is 0.0686. The molecule has 0 bridgehead atoms. The van der Waals surface area contributed by atoms with Crippen molar-refractivity contribution < 1.29 is 22.7 Å². The van der Waals surface area contributed by atoms with Crippen molar-refractivity contribution in [3.05, 3.63) is 71.0 Å². The largest absolute Gasteiger partial charge is 0.492 e. The molecule has 0 radical (unpaired) electrons. The van der Waals surface area contributed by atoms with Crippen LogP contribution in [0.5, 0.6) is 5.75 Å². The molecule has 9 heteroatoms.